The van der Waals surface area contributed by atoms with Crippen molar-refractivity contribution < 1.29 is 21.6 Å². The average Bonchev–Trinajstić information content (AvgIpc) is 2.79. The Labute approximate surface area is 194 Å². The highest BCUT2D eigenvalue weighted by molar-refractivity contribution is 7.93. The molecule has 2 aromatic carbocycles. The Bertz CT molecular complexity index is 1300. The molecule has 0 unspecified atom stereocenters. The zero-order valence-electron chi connectivity index (χ0n) is 18.7. The van der Waals surface area contributed by atoms with Gasteiger partial charge in [-0.3, -0.25) is 9.44 Å². The second-order valence-electron chi connectivity index (χ2n) is 7.96. The minimum atomic E-state index is -3.94. The van der Waals surface area contributed by atoms with Crippen LogP contribution in [0.3, 0.4) is 0 Å². The molecule has 33 heavy (non-hydrogen) atoms. The number of anilines is 2. The van der Waals surface area contributed by atoms with Gasteiger partial charge >= 0.3 is 0 Å². The average molecular weight is 491 g/mol. The first-order valence-corrected chi connectivity index (χ1v) is 13.1. The second-order valence-corrected chi connectivity index (χ2v) is 11.3. The van der Waals surface area contributed by atoms with Crippen molar-refractivity contribution in [1.29, 1.82) is 0 Å². The molecule has 0 fully saturated rings. The van der Waals surface area contributed by atoms with Gasteiger partial charge in [0.1, 0.15) is 0 Å². The Kier molecular flexibility index (Phi) is 6.94. The fourth-order valence-electron chi connectivity index (χ4n) is 2.89. The van der Waals surface area contributed by atoms with Gasteiger partial charge in [-0.25, -0.2) is 16.8 Å². The van der Waals surface area contributed by atoms with Gasteiger partial charge in [-0.15, -0.1) is 10.2 Å². The molecule has 2 N–H and O–H groups in total. The number of aromatic nitrogens is 2. The van der Waals surface area contributed by atoms with E-state index in [1.165, 1.54) is 43.5 Å². The van der Waals surface area contributed by atoms with Gasteiger partial charge in [-0.2, -0.15) is 0 Å². The predicted octanol–water partition coefficient (Wildman–Crippen LogP) is 3.77. The number of rotatable bonds is 9. The summed E-state index contributed by atoms with van der Waals surface area (Å²) in [4.78, 5) is 0.0591. The van der Waals surface area contributed by atoms with Crippen LogP contribution >= 0.6 is 0 Å². The van der Waals surface area contributed by atoms with Crippen LogP contribution in [0.1, 0.15) is 32.8 Å². The Hall–Kier alpha value is -3.18. The Balaban J connectivity index is 1.74. The van der Waals surface area contributed by atoms with E-state index in [9.17, 15) is 16.8 Å². The molecule has 0 aliphatic heterocycles. The maximum atomic E-state index is 12.7. The van der Waals surface area contributed by atoms with E-state index in [-0.39, 0.29) is 32.6 Å². The van der Waals surface area contributed by atoms with Crippen molar-refractivity contribution in [3.8, 4) is 5.88 Å². The SMILES string of the molecule is CCC(C)(C)c1ccc(S(=O)(=O)Nc2ccc(S(=O)(=O)Nc3ccc(OC)nn3)cc2)cc1. The van der Waals surface area contributed by atoms with Crippen molar-refractivity contribution in [3.63, 3.8) is 0 Å². The predicted molar refractivity (Wildman–Crippen MR) is 126 cm³/mol. The summed E-state index contributed by atoms with van der Waals surface area (Å²) in [6, 6.07) is 15.0. The highest BCUT2D eigenvalue weighted by atomic mass is 32.2. The van der Waals surface area contributed by atoms with Crippen molar-refractivity contribution >= 4 is 31.6 Å². The van der Waals surface area contributed by atoms with E-state index in [2.05, 4.69) is 40.4 Å². The van der Waals surface area contributed by atoms with Crippen LogP contribution in [0.15, 0.2) is 70.5 Å². The van der Waals surface area contributed by atoms with E-state index in [0.717, 1.165) is 12.0 Å². The quantitative estimate of drug-likeness (QED) is 0.467. The van der Waals surface area contributed by atoms with Crippen LogP contribution in [-0.4, -0.2) is 34.1 Å². The lowest BCUT2D eigenvalue weighted by molar-refractivity contribution is 0.392. The molecule has 11 heteroatoms. The van der Waals surface area contributed by atoms with E-state index in [4.69, 9.17) is 4.74 Å². The second kappa shape index (κ2) is 9.36. The molecule has 3 rings (SSSR count). The van der Waals surface area contributed by atoms with E-state index in [1.54, 1.807) is 12.1 Å². The smallest absolute Gasteiger partial charge is 0.263 e. The lowest BCUT2D eigenvalue weighted by Gasteiger charge is -2.23. The largest absolute Gasteiger partial charge is 0.480 e. The minimum absolute atomic E-state index is 0.0234. The van der Waals surface area contributed by atoms with Crippen LogP contribution in [-0.2, 0) is 25.5 Å². The maximum Gasteiger partial charge on any atom is 0.263 e. The Morgan fingerprint density at radius 2 is 1.33 bits per heavy atom. The number of sulfonamides is 2. The minimum Gasteiger partial charge on any atom is -0.480 e. The molecule has 1 aromatic heterocycles. The number of benzene rings is 2. The number of ether oxygens (including phenoxy) is 1. The molecule has 0 bridgehead atoms. The summed E-state index contributed by atoms with van der Waals surface area (Å²) in [6.45, 7) is 6.27. The lowest BCUT2D eigenvalue weighted by atomic mass is 9.82. The van der Waals surface area contributed by atoms with Crippen LogP contribution in [0, 0.1) is 0 Å². The first-order chi connectivity index (χ1) is 15.5. The van der Waals surface area contributed by atoms with Gasteiger partial charge in [0, 0.05) is 11.8 Å². The number of nitrogens with one attached hydrogen (secondary N) is 2. The van der Waals surface area contributed by atoms with Crippen molar-refractivity contribution in [2.24, 2.45) is 0 Å². The van der Waals surface area contributed by atoms with E-state index in [1.807, 2.05) is 12.1 Å². The fraction of sp³-hybridized carbons (Fsp3) is 0.273. The molecule has 176 valence electrons. The van der Waals surface area contributed by atoms with Gasteiger partial charge in [0.15, 0.2) is 5.82 Å². The Morgan fingerprint density at radius 1 is 0.788 bits per heavy atom. The van der Waals surface area contributed by atoms with Gasteiger partial charge in [-0.1, -0.05) is 32.9 Å². The topological polar surface area (TPSA) is 127 Å². The zero-order chi connectivity index (χ0) is 24.3. The van der Waals surface area contributed by atoms with Gasteiger partial charge in [0.25, 0.3) is 20.0 Å². The molecule has 0 aliphatic rings. The highest BCUT2D eigenvalue weighted by Gasteiger charge is 2.21. The van der Waals surface area contributed by atoms with Gasteiger partial charge in [0.05, 0.1) is 16.9 Å². The third kappa shape index (κ3) is 5.79. The van der Waals surface area contributed by atoms with E-state index >= 15 is 0 Å². The van der Waals surface area contributed by atoms with Gasteiger partial charge in [-0.05, 0) is 59.9 Å². The maximum absolute atomic E-state index is 12.7. The first-order valence-electron chi connectivity index (χ1n) is 10.1. The Morgan fingerprint density at radius 3 is 1.82 bits per heavy atom. The third-order valence-electron chi connectivity index (χ3n) is 5.33. The highest BCUT2D eigenvalue weighted by Crippen LogP contribution is 2.28. The summed E-state index contributed by atoms with van der Waals surface area (Å²) in [5.41, 5.74) is 1.23. The summed E-state index contributed by atoms with van der Waals surface area (Å²) in [6.07, 6.45) is 0.923. The molecular weight excluding hydrogens is 464 g/mol. The summed E-state index contributed by atoms with van der Waals surface area (Å²) in [5, 5.41) is 7.44. The van der Waals surface area contributed by atoms with Crippen molar-refractivity contribution in [1.82, 2.24) is 10.2 Å². The summed E-state index contributed by atoms with van der Waals surface area (Å²) in [7, 11) is -6.35. The number of hydrogen-bond acceptors (Lipinski definition) is 7. The molecule has 9 nitrogen and oxygen atoms in total. The zero-order valence-corrected chi connectivity index (χ0v) is 20.4. The molecule has 0 atom stereocenters. The summed E-state index contributed by atoms with van der Waals surface area (Å²) < 4.78 is 60.3. The fourth-order valence-corrected chi connectivity index (χ4v) is 4.94. The standard InChI is InChI=1S/C22H26N4O5S2/c1-5-22(2,3)16-6-10-18(11-7-16)32(27,28)25-17-8-12-19(13-9-17)33(29,30)26-20-14-15-21(31-4)24-23-20/h6-15,25H,5H2,1-4H3,(H,23,26). The molecule has 0 saturated heterocycles. The van der Waals surface area contributed by atoms with E-state index in [0.29, 0.717) is 0 Å². The van der Waals surface area contributed by atoms with Crippen LogP contribution in [0.2, 0.25) is 0 Å². The first kappa shape index (κ1) is 24.5. The van der Waals surface area contributed by atoms with E-state index < -0.39 is 20.0 Å². The lowest BCUT2D eigenvalue weighted by Crippen LogP contribution is -2.17. The molecule has 0 radical (unpaired) electrons. The molecule has 0 amide bonds. The van der Waals surface area contributed by atoms with Gasteiger partial charge in [0.2, 0.25) is 5.88 Å². The summed E-state index contributed by atoms with van der Waals surface area (Å²) in [5.74, 6) is 0.272. The summed E-state index contributed by atoms with van der Waals surface area (Å²) >= 11 is 0. The molecule has 0 saturated carbocycles. The molecular formula is C22H26N4O5S2. The molecule has 3 aromatic rings. The monoisotopic (exact) mass is 490 g/mol. The third-order valence-corrected chi connectivity index (χ3v) is 8.10. The van der Waals surface area contributed by atoms with Crippen LogP contribution in [0.25, 0.3) is 0 Å². The number of hydrogen-bond donors (Lipinski definition) is 2. The normalized spacial score (nSPS) is 12.2. The number of nitrogens with zero attached hydrogens (tertiary/aromatic N) is 2. The van der Waals surface area contributed by atoms with Crippen molar-refractivity contribution in [2.75, 3.05) is 16.6 Å². The van der Waals surface area contributed by atoms with Crippen molar-refractivity contribution in [3.05, 3.63) is 66.2 Å². The molecule has 0 spiro atoms. The number of methoxy groups -OCH3 is 1. The van der Waals surface area contributed by atoms with Crippen LogP contribution < -0.4 is 14.2 Å². The van der Waals surface area contributed by atoms with Crippen molar-refractivity contribution in [2.45, 2.75) is 42.4 Å². The van der Waals surface area contributed by atoms with Gasteiger partial charge < -0.3 is 4.74 Å². The van der Waals surface area contributed by atoms with Crippen LogP contribution in [0.5, 0.6) is 5.88 Å². The molecule has 0 aliphatic carbocycles. The molecule has 1 heterocycles. The van der Waals surface area contributed by atoms with Crippen LogP contribution in [0.4, 0.5) is 11.5 Å².